The first-order valence-electron chi connectivity index (χ1n) is 6.02. The fourth-order valence-corrected chi connectivity index (χ4v) is 2.80. The van der Waals surface area contributed by atoms with E-state index >= 15 is 0 Å². The van der Waals surface area contributed by atoms with Crippen LogP contribution in [0.2, 0.25) is 0 Å². The lowest BCUT2D eigenvalue weighted by atomic mass is 10.1. The highest BCUT2D eigenvalue weighted by Crippen LogP contribution is 2.40. The maximum atomic E-state index is 9.33. The number of aliphatic hydroxyl groups is 1. The summed E-state index contributed by atoms with van der Waals surface area (Å²) in [5.41, 5.74) is 2.23. The largest absolute Gasteiger partial charge is 0.388 e. The lowest BCUT2D eigenvalue weighted by Crippen LogP contribution is -2.03. The van der Waals surface area contributed by atoms with Crippen LogP contribution in [0.15, 0.2) is 22.7 Å². The van der Waals surface area contributed by atoms with Gasteiger partial charge in [0.1, 0.15) is 6.61 Å². The summed E-state index contributed by atoms with van der Waals surface area (Å²) in [6, 6.07) is 6.62. The summed E-state index contributed by atoms with van der Waals surface area (Å²) in [7, 11) is 0. The van der Waals surface area contributed by atoms with Crippen LogP contribution in [0.25, 0.3) is 11.4 Å². The second kappa shape index (κ2) is 4.48. The minimum atomic E-state index is -0.0625. The molecule has 1 aliphatic carbocycles. The van der Waals surface area contributed by atoms with Crippen LogP contribution in [0.5, 0.6) is 0 Å². The highest BCUT2D eigenvalue weighted by atomic mass is 79.9. The minimum absolute atomic E-state index is 0.0625. The molecule has 0 amide bonds. The molecule has 4 nitrogen and oxygen atoms in total. The van der Waals surface area contributed by atoms with Crippen LogP contribution in [0, 0.1) is 6.92 Å². The van der Waals surface area contributed by atoms with E-state index in [1.165, 1.54) is 5.56 Å². The number of aromatic nitrogens is 3. The topological polar surface area (TPSA) is 50.9 Å². The Hall–Kier alpha value is -1.20. The van der Waals surface area contributed by atoms with Crippen LogP contribution in [0.1, 0.15) is 30.3 Å². The van der Waals surface area contributed by atoms with Gasteiger partial charge in [-0.15, -0.1) is 10.2 Å². The molecule has 18 heavy (non-hydrogen) atoms. The van der Waals surface area contributed by atoms with Crippen molar-refractivity contribution in [3.05, 3.63) is 34.1 Å². The number of hydrogen-bond donors (Lipinski definition) is 1. The van der Waals surface area contributed by atoms with E-state index in [2.05, 4.69) is 49.8 Å². The number of aliphatic hydroxyl groups excluding tert-OH is 1. The quantitative estimate of drug-likeness (QED) is 0.948. The zero-order valence-electron chi connectivity index (χ0n) is 10.1. The number of aryl methyl sites for hydroxylation is 1. The van der Waals surface area contributed by atoms with Crippen LogP contribution in [-0.4, -0.2) is 19.9 Å². The average Bonchev–Trinajstić information content (AvgIpc) is 3.09. The van der Waals surface area contributed by atoms with Gasteiger partial charge in [-0.1, -0.05) is 22.0 Å². The van der Waals surface area contributed by atoms with Crippen molar-refractivity contribution < 1.29 is 5.11 Å². The van der Waals surface area contributed by atoms with Gasteiger partial charge in [0.15, 0.2) is 11.6 Å². The predicted molar refractivity (Wildman–Crippen MR) is 72.1 cm³/mol. The van der Waals surface area contributed by atoms with Gasteiger partial charge in [-0.3, -0.25) is 0 Å². The minimum Gasteiger partial charge on any atom is -0.388 e. The summed E-state index contributed by atoms with van der Waals surface area (Å²) in [5, 5.41) is 17.6. The zero-order chi connectivity index (χ0) is 12.7. The maximum Gasteiger partial charge on any atom is 0.165 e. The molecule has 0 radical (unpaired) electrons. The summed E-state index contributed by atoms with van der Waals surface area (Å²) >= 11 is 3.58. The molecular weight excluding hydrogens is 294 g/mol. The first kappa shape index (κ1) is 11.9. The fourth-order valence-electron chi connectivity index (χ4n) is 2.13. The van der Waals surface area contributed by atoms with Crippen molar-refractivity contribution in [1.82, 2.24) is 14.8 Å². The van der Waals surface area contributed by atoms with Gasteiger partial charge in [-0.25, -0.2) is 0 Å². The lowest BCUT2D eigenvalue weighted by Gasteiger charge is -2.09. The molecule has 0 spiro atoms. The van der Waals surface area contributed by atoms with E-state index in [0.717, 1.165) is 28.7 Å². The Kier molecular flexibility index (Phi) is 2.95. The molecule has 1 aromatic carbocycles. The molecule has 0 bridgehead atoms. The van der Waals surface area contributed by atoms with Crippen molar-refractivity contribution >= 4 is 15.9 Å². The highest BCUT2D eigenvalue weighted by Gasteiger charge is 2.30. The van der Waals surface area contributed by atoms with E-state index in [1.54, 1.807) is 0 Å². The van der Waals surface area contributed by atoms with Crippen LogP contribution < -0.4 is 0 Å². The zero-order valence-corrected chi connectivity index (χ0v) is 11.7. The van der Waals surface area contributed by atoms with Crippen molar-refractivity contribution in [3.63, 3.8) is 0 Å². The number of benzene rings is 1. The summed E-state index contributed by atoms with van der Waals surface area (Å²) in [6.07, 6.45) is 2.28. The van der Waals surface area contributed by atoms with Crippen molar-refractivity contribution in [2.24, 2.45) is 0 Å². The smallest absolute Gasteiger partial charge is 0.165 e. The molecule has 0 saturated heterocycles. The molecule has 5 heteroatoms. The Bertz CT molecular complexity index is 590. The van der Waals surface area contributed by atoms with E-state index in [0.29, 0.717) is 11.9 Å². The second-order valence-corrected chi connectivity index (χ2v) is 5.54. The third kappa shape index (κ3) is 1.97. The molecule has 0 unspecified atom stereocenters. The first-order chi connectivity index (χ1) is 8.70. The molecule has 1 aromatic heterocycles. The third-order valence-corrected chi connectivity index (χ3v) is 3.84. The molecule has 1 fully saturated rings. The number of rotatable bonds is 3. The van der Waals surface area contributed by atoms with E-state index in [1.807, 2.05) is 6.07 Å². The molecule has 2 aromatic rings. The highest BCUT2D eigenvalue weighted by molar-refractivity contribution is 9.10. The molecular formula is C13H14BrN3O. The second-order valence-electron chi connectivity index (χ2n) is 4.68. The standard InChI is InChI=1S/C13H14BrN3O/c1-8-2-5-10(11(14)6-8)13-16-15-12(7-18)17(13)9-3-4-9/h2,5-6,9,18H,3-4,7H2,1H3. The Balaban J connectivity index is 2.13. The average molecular weight is 308 g/mol. The first-order valence-corrected chi connectivity index (χ1v) is 6.81. The van der Waals surface area contributed by atoms with Crippen LogP contribution in [0.4, 0.5) is 0 Å². The summed E-state index contributed by atoms with van der Waals surface area (Å²) < 4.78 is 3.08. The fraction of sp³-hybridized carbons (Fsp3) is 0.385. The SMILES string of the molecule is Cc1ccc(-c2nnc(CO)n2C2CC2)c(Br)c1. The molecule has 3 rings (SSSR count). The van der Waals surface area contributed by atoms with Gasteiger partial charge in [0.25, 0.3) is 0 Å². The Morgan fingerprint density at radius 1 is 1.39 bits per heavy atom. The number of halogens is 1. The van der Waals surface area contributed by atoms with Gasteiger partial charge in [0, 0.05) is 16.1 Å². The normalized spacial score (nSPS) is 15.1. The monoisotopic (exact) mass is 307 g/mol. The Labute approximate surface area is 114 Å². The van der Waals surface area contributed by atoms with Gasteiger partial charge in [0.05, 0.1) is 0 Å². The molecule has 94 valence electrons. The maximum absolute atomic E-state index is 9.33. The molecule has 1 saturated carbocycles. The van der Waals surface area contributed by atoms with Gasteiger partial charge >= 0.3 is 0 Å². The summed E-state index contributed by atoms with van der Waals surface area (Å²) in [5.74, 6) is 1.49. The van der Waals surface area contributed by atoms with Crippen molar-refractivity contribution in [1.29, 1.82) is 0 Å². The van der Waals surface area contributed by atoms with E-state index in [9.17, 15) is 5.11 Å². The number of nitrogens with zero attached hydrogens (tertiary/aromatic N) is 3. The molecule has 1 aliphatic rings. The van der Waals surface area contributed by atoms with Gasteiger partial charge in [-0.2, -0.15) is 0 Å². The van der Waals surface area contributed by atoms with Gasteiger partial charge < -0.3 is 9.67 Å². The Morgan fingerprint density at radius 2 is 2.17 bits per heavy atom. The van der Waals surface area contributed by atoms with Gasteiger partial charge in [-0.05, 0) is 37.5 Å². The lowest BCUT2D eigenvalue weighted by molar-refractivity contribution is 0.265. The molecule has 0 aliphatic heterocycles. The van der Waals surface area contributed by atoms with Gasteiger partial charge in [0.2, 0.25) is 0 Å². The summed E-state index contributed by atoms with van der Waals surface area (Å²) in [4.78, 5) is 0. The van der Waals surface area contributed by atoms with Crippen LogP contribution in [0.3, 0.4) is 0 Å². The number of hydrogen-bond acceptors (Lipinski definition) is 3. The van der Waals surface area contributed by atoms with E-state index < -0.39 is 0 Å². The third-order valence-electron chi connectivity index (χ3n) is 3.19. The molecule has 1 N–H and O–H groups in total. The summed E-state index contributed by atoms with van der Waals surface area (Å²) in [6.45, 7) is 1.99. The van der Waals surface area contributed by atoms with Crippen molar-refractivity contribution in [2.45, 2.75) is 32.4 Å². The Morgan fingerprint density at radius 3 is 2.78 bits per heavy atom. The van der Waals surface area contributed by atoms with E-state index in [-0.39, 0.29) is 6.61 Å². The predicted octanol–water partition coefficient (Wildman–Crippen LogP) is 2.84. The van der Waals surface area contributed by atoms with Crippen LogP contribution in [-0.2, 0) is 6.61 Å². The molecule has 1 heterocycles. The van der Waals surface area contributed by atoms with Crippen LogP contribution >= 0.6 is 15.9 Å². The van der Waals surface area contributed by atoms with Crippen molar-refractivity contribution in [3.8, 4) is 11.4 Å². The molecule has 0 atom stereocenters. The van der Waals surface area contributed by atoms with Crippen molar-refractivity contribution in [2.75, 3.05) is 0 Å². The van der Waals surface area contributed by atoms with E-state index in [4.69, 9.17) is 0 Å².